The van der Waals surface area contributed by atoms with Gasteiger partial charge >= 0.3 is 6.03 Å². The van der Waals surface area contributed by atoms with E-state index in [2.05, 4.69) is 22.5 Å². The van der Waals surface area contributed by atoms with Crippen molar-refractivity contribution in [3.8, 4) is 0 Å². The highest BCUT2D eigenvalue weighted by Crippen LogP contribution is 2.17. The Morgan fingerprint density at radius 3 is 2.91 bits per heavy atom. The van der Waals surface area contributed by atoms with Crippen molar-refractivity contribution in [2.45, 2.75) is 58.7 Å². The summed E-state index contributed by atoms with van der Waals surface area (Å²) in [4.78, 5) is 30.4. The van der Waals surface area contributed by atoms with Crippen LogP contribution >= 0.6 is 11.3 Å². The van der Waals surface area contributed by atoms with Crippen molar-refractivity contribution in [3.05, 3.63) is 16.1 Å². The van der Waals surface area contributed by atoms with Gasteiger partial charge in [0, 0.05) is 18.0 Å². The number of hydrogen-bond acceptors (Lipinski definition) is 4. The van der Waals surface area contributed by atoms with Gasteiger partial charge in [0.25, 0.3) is 0 Å². The zero-order valence-corrected chi connectivity index (χ0v) is 14.2. The molecular formula is C15H24N4O2S. The molecule has 0 aliphatic carbocycles. The molecule has 3 amide bonds. The number of amides is 3. The maximum Gasteiger partial charge on any atom is 0.315 e. The van der Waals surface area contributed by atoms with Gasteiger partial charge in [0.15, 0.2) is 0 Å². The number of likely N-dealkylation sites (tertiary alicyclic amines) is 1. The maximum absolute atomic E-state index is 12.4. The van der Waals surface area contributed by atoms with Crippen LogP contribution in [0.3, 0.4) is 0 Å². The van der Waals surface area contributed by atoms with E-state index in [0.29, 0.717) is 6.54 Å². The third kappa shape index (κ3) is 4.43. The summed E-state index contributed by atoms with van der Waals surface area (Å²) in [5.41, 5.74) is 0.835. The van der Waals surface area contributed by atoms with Crippen molar-refractivity contribution >= 4 is 23.3 Å². The first-order valence-corrected chi connectivity index (χ1v) is 8.61. The highest BCUT2D eigenvalue weighted by Gasteiger charge is 2.27. The highest BCUT2D eigenvalue weighted by molar-refractivity contribution is 7.09. The summed E-state index contributed by atoms with van der Waals surface area (Å²) in [6.45, 7) is 6.88. The van der Waals surface area contributed by atoms with E-state index in [0.717, 1.165) is 30.1 Å². The Labute approximate surface area is 135 Å². The van der Waals surface area contributed by atoms with Crippen LogP contribution in [-0.4, -0.2) is 40.5 Å². The number of hydrogen-bond donors (Lipinski definition) is 2. The Morgan fingerprint density at radius 2 is 2.27 bits per heavy atom. The smallest absolute Gasteiger partial charge is 0.315 e. The van der Waals surface area contributed by atoms with E-state index < -0.39 is 6.04 Å². The molecule has 1 saturated heterocycles. The lowest BCUT2D eigenvalue weighted by Crippen LogP contribution is -2.53. The van der Waals surface area contributed by atoms with Gasteiger partial charge in [-0.25, -0.2) is 9.78 Å². The fourth-order valence-corrected chi connectivity index (χ4v) is 3.26. The SMILES string of the molecule is Cc1nc(CNC(=O)NC(C)C(=O)N2CCCCC2C)cs1. The van der Waals surface area contributed by atoms with Gasteiger partial charge in [-0.05, 0) is 40.0 Å². The molecule has 7 heteroatoms. The monoisotopic (exact) mass is 324 g/mol. The third-order valence-electron chi connectivity index (χ3n) is 3.90. The number of carbonyl (C=O) groups excluding carboxylic acids is 2. The summed E-state index contributed by atoms with van der Waals surface area (Å²) in [7, 11) is 0. The van der Waals surface area contributed by atoms with Gasteiger partial charge in [0.05, 0.1) is 17.2 Å². The van der Waals surface area contributed by atoms with Gasteiger partial charge in [0.1, 0.15) is 6.04 Å². The zero-order valence-electron chi connectivity index (χ0n) is 13.4. The maximum atomic E-state index is 12.4. The van der Waals surface area contributed by atoms with E-state index in [1.165, 1.54) is 6.42 Å². The van der Waals surface area contributed by atoms with E-state index >= 15 is 0 Å². The molecule has 0 aromatic carbocycles. The molecule has 0 saturated carbocycles. The first-order valence-electron chi connectivity index (χ1n) is 7.73. The number of carbonyl (C=O) groups is 2. The fourth-order valence-electron chi connectivity index (χ4n) is 2.64. The van der Waals surface area contributed by atoms with E-state index in [4.69, 9.17) is 0 Å². The normalized spacial score (nSPS) is 19.6. The minimum absolute atomic E-state index is 0.00754. The van der Waals surface area contributed by atoms with Crippen LogP contribution in [0.25, 0.3) is 0 Å². The fraction of sp³-hybridized carbons (Fsp3) is 0.667. The third-order valence-corrected chi connectivity index (χ3v) is 4.72. The molecule has 0 bridgehead atoms. The minimum Gasteiger partial charge on any atom is -0.338 e. The molecule has 0 radical (unpaired) electrons. The largest absolute Gasteiger partial charge is 0.338 e. The molecule has 1 aliphatic heterocycles. The van der Waals surface area contributed by atoms with Crippen molar-refractivity contribution < 1.29 is 9.59 Å². The Balaban J connectivity index is 1.78. The van der Waals surface area contributed by atoms with E-state index in [-0.39, 0.29) is 18.0 Å². The summed E-state index contributed by atoms with van der Waals surface area (Å²) in [5.74, 6) is -0.00754. The first-order chi connectivity index (χ1) is 10.5. The van der Waals surface area contributed by atoms with Gasteiger partial charge in [0.2, 0.25) is 5.91 Å². The second kappa shape index (κ2) is 7.58. The molecule has 1 aromatic heterocycles. The lowest BCUT2D eigenvalue weighted by molar-refractivity contribution is -0.136. The van der Waals surface area contributed by atoms with Crippen molar-refractivity contribution in [2.24, 2.45) is 0 Å². The molecular weight excluding hydrogens is 300 g/mol. The number of nitrogens with zero attached hydrogens (tertiary/aromatic N) is 2. The average molecular weight is 324 g/mol. The number of nitrogens with one attached hydrogen (secondary N) is 2. The molecule has 2 atom stereocenters. The van der Waals surface area contributed by atoms with Crippen LogP contribution in [0.2, 0.25) is 0 Å². The molecule has 2 unspecified atom stereocenters. The Hall–Kier alpha value is -1.63. The molecule has 122 valence electrons. The van der Waals surface area contributed by atoms with Crippen LogP contribution in [0.4, 0.5) is 4.79 Å². The molecule has 2 heterocycles. The van der Waals surface area contributed by atoms with Gasteiger partial charge in [-0.3, -0.25) is 4.79 Å². The molecule has 2 rings (SSSR count). The highest BCUT2D eigenvalue weighted by atomic mass is 32.1. The van der Waals surface area contributed by atoms with Crippen LogP contribution in [0.15, 0.2) is 5.38 Å². The van der Waals surface area contributed by atoms with Crippen LogP contribution in [-0.2, 0) is 11.3 Å². The van der Waals surface area contributed by atoms with Gasteiger partial charge in [-0.15, -0.1) is 11.3 Å². The molecule has 22 heavy (non-hydrogen) atoms. The number of thiazole rings is 1. The lowest BCUT2D eigenvalue weighted by Gasteiger charge is -2.35. The number of urea groups is 1. The van der Waals surface area contributed by atoms with E-state index in [1.54, 1.807) is 18.3 Å². The van der Waals surface area contributed by atoms with Gasteiger partial charge in [-0.1, -0.05) is 0 Å². The topological polar surface area (TPSA) is 74.3 Å². The van der Waals surface area contributed by atoms with E-state index in [1.807, 2.05) is 17.2 Å². The summed E-state index contributed by atoms with van der Waals surface area (Å²) < 4.78 is 0. The van der Waals surface area contributed by atoms with Crippen LogP contribution in [0.1, 0.15) is 43.8 Å². The summed E-state index contributed by atoms with van der Waals surface area (Å²) in [5, 5.41) is 8.33. The Bertz CT molecular complexity index is 531. The number of piperidine rings is 1. The predicted octanol–water partition coefficient (Wildman–Crippen LogP) is 2.04. The Morgan fingerprint density at radius 1 is 1.50 bits per heavy atom. The summed E-state index contributed by atoms with van der Waals surface area (Å²) >= 11 is 1.55. The number of aryl methyl sites for hydroxylation is 1. The quantitative estimate of drug-likeness (QED) is 0.890. The standard InChI is InChI=1S/C15H24N4O2S/c1-10-6-4-5-7-19(10)14(20)11(2)17-15(21)16-8-13-9-22-12(3)18-13/h9-11H,4-8H2,1-3H3,(H2,16,17,21). The number of rotatable bonds is 4. The predicted molar refractivity (Wildman–Crippen MR) is 86.7 cm³/mol. The molecule has 2 N–H and O–H groups in total. The zero-order chi connectivity index (χ0) is 16.1. The van der Waals surface area contributed by atoms with Crippen LogP contribution < -0.4 is 10.6 Å². The van der Waals surface area contributed by atoms with E-state index in [9.17, 15) is 9.59 Å². The lowest BCUT2D eigenvalue weighted by atomic mass is 10.0. The van der Waals surface area contributed by atoms with Gasteiger partial charge < -0.3 is 15.5 Å². The molecule has 1 fully saturated rings. The molecule has 1 aromatic rings. The molecule has 0 spiro atoms. The van der Waals surface area contributed by atoms with Crippen molar-refractivity contribution in [1.82, 2.24) is 20.5 Å². The molecule has 6 nitrogen and oxygen atoms in total. The second-order valence-corrected chi connectivity index (χ2v) is 6.85. The summed E-state index contributed by atoms with van der Waals surface area (Å²) in [6.07, 6.45) is 3.24. The average Bonchev–Trinajstić information content (AvgIpc) is 2.90. The Kier molecular flexibility index (Phi) is 5.76. The van der Waals surface area contributed by atoms with Gasteiger partial charge in [-0.2, -0.15) is 0 Å². The first kappa shape index (κ1) is 16.7. The second-order valence-electron chi connectivity index (χ2n) is 5.78. The van der Waals surface area contributed by atoms with Crippen molar-refractivity contribution in [2.75, 3.05) is 6.54 Å². The van der Waals surface area contributed by atoms with Crippen LogP contribution in [0, 0.1) is 6.92 Å². The molecule has 1 aliphatic rings. The summed E-state index contributed by atoms with van der Waals surface area (Å²) in [6, 6.07) is -0.597. The number of aromatic nitrogens is 1. The minimum atomic E-state index is -0.516. The van der Waals surface area contributed by atoms with Crippen LogP contribution in [0.5, 0.6) is 0 Å². The van der Waals surface area contributed by atoms with Crippen molar-refractivity contribution in [3.63, 3.8) is 0 Å². The van der Waals surface area contributed by atoms with Crippen molar-refractivity contribution in [1.29, 1.82) is 0 Å².